The fourth-order valence-corrected chi connectivity index (χ4v) is 1.89. The Morgan fingerprint density at radius 1 is 1.40 bits per heavy atom. The molecular weight excluding hydrogens is 278 g/mol. The van der Waals surface area contributed by atoms with Crippen molar-refractivity contribution in [1.29, 1.82) is 0 Å². The van der Waals surface area contributed by atoms with Crippen LogP contribution in [0.3, 0.4) is 0 Å². The smallest absolute Gasteiger partial charge is 0.165 e. The third kappa shape index (κ3) is 2.45. The van der Waals surface area contributed by atoms with Gasteiger partial charge in [0.25, 0.3) is 0 Å². The van der Waals surface area contributed by atoms with Gasteiger partial charge in [0.1, 0.15) is 17.2 Å². The molecule has 0 aliphatic heterocycles. The van der Waals surface area contributed by atoms with Crippen LogP contribution in [0.5, 0.6) is 5.75 Å². The Morgan fingerprint density at radius 3 is 2.87 bits per heavy atom. The SMILES string of the molecule is Nc1nnsc1COc1ccccc1Br. The molecule has 0 fully saturated rings. The second-order valence-corrected chi connectivity index (χ2v) is 4.49. The minimum absolute atomic E-state index is 0.395. The lowest BCUT2D eigenvalue weighted by atomic mass is 10.3. The summed E-state index contributed by atoms with van der Waals surface area (Å²) >= 11 is 4.64. The summed E-state index contributed by atoms with van der Waals surface area (Å²) in [6.45, 7) is 0.395. The Labute approximate surface area is 99.4 Å². The zero-order valence-electron chi connectivity index (χ0n) is 7.68. The van der Waals surface area contributed by atoms with Gasteiger partial charge in [0, 0.05) is 0 Å². The van der Waals surface area contributed by atoms with E-state index in [1.807, 2.05) is 24.3 Å². The van der Waals surface area contributed by atoms with E-state index in [0.717, 1.165) is 15.1 Å². The van der Waals surface area contributed by atoms with Gasteiger partial charge in [0.15, 0.2) is 5.82 Å². The summed E-state index contributed by atoms with van der Waals surface area (Å²) < 4.78 is 10.2. The van der Waals surface area contributed by atoms with Crippen molar-refractivity contribution in [2.45, 2.75) is 6.61 Å². The average molecular weight is 286 g/mol. The molecule has 0 unspecified atom stereocenters. The number of para-hydroxylation sites is 1. The van der Waals surface area contributed by atoms with Gasteiger partial charge in [-0.2, -0.15) is 0 Å². The maximum absolute atomic E-state index is 5.59. The lowest BCUT2D eigenvalue weighted by Gasteiger charge is -2.05. The summed E-state index contributed by atoms with van der Waals surface area (Å²) in [7, 11) is 0. The Morgan fingerprint density at radius 2 is 2.20 bits per heavy atom. The van der Waals surface area contributed by atoms with Crippen molar-refractivity contribution >= 4 is 33.3 Å². The van der Waals surface area contributed by atoms with E-state index in [2.05, 4.69) is 25.5 Å². The van der Waals surface area contributed by atoms with Crippen molar-refractivity contribution < 1.29 is 4.74 Å². The molecule has 2 rings (SSSR count). The predicted octanol–water partition coefficient (Wildman–Crippen LogP) is 2.46. The lowest BCUT2D eigenvalue weighted by molar-refractivity contribution is 0.308. The van der Waals surface area contributed by atoms with E-state index in [1.54, 1.807) is 0 Å². The molecule has 1 heterocycles. The van der Waals surface area contributed by atoms with Crippen LogP contribution < -0.4 is 10.5 Å². The first-order valence-electron chi connectivity index (χ1n) is 4.21. The number of rotatable bonds is 3. The quantitative estimate of drug-likeness (QED) is 0.941. The fraction of sp³-hybridized carbons (Fsp3) is 0.111. The summed E-state index contributed by atoms with van der Waals surface area (Å²) in [5.41, 5.74) is 5.59. The minimum atomic E-state index is 0.395. The Bertz CT molecular complexity index is 460. The van der Waals surface area contributed by atoms with Gasteiger partial charge in [-0.1, -0.05) is 16.6 Å². The van der Waals surface area contributed by atoms with E-state index in [0.29, 0.717) is 12.4 Å². The highest BCUT2D eigenvalue weighted by Crippen LogP contribution is 2.25. The molecule has 0 aliphatic carbocycles. The largest absolute Gasteiger partial charge is 0.487 e. The standard InChI is InChI=1S/C9H8BrN3OS/c10-6-3-1-2-4-7(6)14-5-8-9(11)12-13-15-8/h1-4H,5,11H2. The van der Waals surface area contributed by atoms with Gasteiger partial charge in [0.2, 0.25) is 0 Å². The number of ether oxygens (including phenoxy) is 1. The van der Waals surface area contributed by atoms with Gasteiger partial charge in [-0.15, -0.1) is 5.10 Å². The lowest BCUT2D eigenvalue weighted by Crippen LogP contribution is -1.97. The first-order valence-corrected chi connectivity index (χ1v) is 5.78. The van der Waals surface area contributed by atoms with Crippen LogP contribution in [0, 0.1) is 0 Å². The number of aromatic nitrogens is 2. The molecule has 78 valence electrons. The summed E-state index contributed by atoms with van der Waals surface area (Å²) in [6, 6.07) is 7.65. The first kappa shape index (κ1) is 10.4. The highest BCUT2D eigenvalue weighted by atomic mass is 79.9. The van der Waals surface area contributed by atoms with Gasteiger partial charge in [-0.3, -0.25) is 0 Å². The molecule has 1 aromatic heterocycles. The number of nitrogens with two attached hydrogens (primary N) is 1. The van der Waals surface area contributed by atoms with Crippen LogP contribution in [0.25, 0.3) is 0 Å². The van der Waals surface area contributed by atoms with E-state index in [-0.39, 0.29) is 0 Å². The van der Waals surface area contributed by atoms with Crippen molar-refractivity contribution in [3.63, 3.8) is 0 Å². The molecule has 0 atom stereocenters. The molecular formula is C9H8BrN3OS. The number of hydrogen-bond donors (Lipinski definition) is 1. The van der Waals surface area contributed by atoms with Crippen LogP contribution in [0.2, 0.25) is 0 Å². The number of halogens is 1. The van der Waals surface area contributed by atoms with Crippen LogP contribution in [-0.2, 0) is 6.61 Å². The predicted molar refractivity (Wildman–Crippen MR) is 62.8 cm³/mol. The van der Waals surface area contributed by atoms with Crippen molar-refractivity contribution in [2.24, 2.45) is 0 Å². The van der Waals surface area contributed by atoms with Crippen LogP contribution in [0.1, 0.15) is 4.88 Å². The van der Waals surface area contributed by atoms with Crippen LogP contribution in [0.15, 0.2) is 28.7 Å². The Hall–Kier alpha value is -1.14. The van der Waals surface area contributed by atoms with Gasteiger partial charge in [-0.25, -0.2) is 0 Å². The molecule has 0 saturated carbocycles. The van der Waals surface area contributed by atoms with Crippen LogP contribution >= 0.6 is 27.5 Å². The molecule has 2 aromatic rings. The zero-order valence-corrected chi connectivity index (χ0v) is 10.1. The molecule has 2 N–H and O–H groups in total. The molecule has 6 heteroatoms. The third-order valence-corrected chi connectivity index (χ3v) is 3.15. The summed E-state index contributed by atoms with van der Waals surface area (Å²) in [6.07, 6.45) is 0. The maximum Gasteiger partial charge on any atom is 0.165 e. The number of nitrogen functional groups attached to an aromatic ring is 1. The summed E-state index contributed by atoms with van der Waals surface area (Å²) in [5, 5.41) is 3.71. The number of nitrogens with zero attached hydrogens (tertiary/aromatic N) is 2. The molecule has 15 heavy (non-hydrogen) atoms. The first-order chi connectivity index (χ1) is 7.27. The van der Waals surface area contributed by atoms with E-state index < -0.39 is 0 Å². The average Bonchev–Trinajstić information content (AvgIpc) is 2.63. The van der Waals surface area contributed by atoms with Crippen molar-refractivity contribution in [3.8, 4) is 5.75 Å². The highest BCUT2D eigenvalue weighted by molar-refractivity contribution is 9.10. The Kier molecular flexibility index (Phi) is 3.17. The number of benzene rings is 1. The molecule has 0 spiro atoms. The van der Waals surface area contributed by atoms with E-state index in [9.17, 15) is 0 Å². The van der Waals surface area contributed by atoms with E-state index in [1.165, 1.54) is 11.5 Å². The molecule has 0 radical (unpaired) electrons. The Balaban J connectivity index is 2.06. The maximum atomic E-state index is 5.59. The minimum Gasteiger partial charge on any atom is -0.487 e. The van der Waals surface area contributed by atoms with Crippen LogP contribution in [-0.4, -0.2) is 9.59 Å². The fourth-order valence-electron chi connectivity index (χ4n) is 1.02. The second kappa shape index (κ2) is 4.59. The van der Waals surface area contributed by atoms with E-state index >= 15 is 0 Å². The van der Waals surface area contributed by atoms with Crippen LogP contribution in [0.4, 0.5) is 5.82 Å². The monoisotopic (exact) mass is 285 g/mol. The van der Waals surface area contributed by atoms with E-state index in [4.69, 9.17) is 10.5 Å². The van der Waals surface area contributed by atoms with Gasteiger partial charge >= 0.3 is 0 Å². The number of hydrogen-bond acceptors (Lipinski definition) is 5. The molecule has 4 nitrogen and oxygen atoms in total. The van der Waals surface area contributed by atoms with Gasteiger partial charge < -0.3 is 10.5 Å². The van der Waals surface area contributed by atoms with Crippen molar-refractivity contribution in [2.75, 3.05) is 5.73 Å². The van der Waals surface area contributed by atoms with Gasteiger partial charge in [0.05, 0.1) is 4.47 Å². The summed E-state index contributed by atoms with van der Waals surface area (Å²) in [4.78, 5) is 0.839. The normalized spacial score (nSPS) is 10.2. The molecule has 0 bridgehead atoms. The number of anilines is 1. The molecule has 0 saturated heterocycles. The summed E-state index contributed by atoms with van der Waals surface area (Å²) in [5.74, 6) is 1.22. The van der Waals surface area contributed by atoms with Crippen molar-refractivity contribution in [3.05, 3.63) is 33.6 Å². The highest BCUT2D eigenvalue weighted by Gasteiger charge is 2.06. The van der Waals surface area contributed by atoms with Gasteiger partial charge in [-0.05, 0) is 39.6 Å². The third-order valence-electron chi connectivity index (χ3n) is 1.78. The molecule has 0 amide bonds. The zero-order chi connectivity index (χ0) is 10.7. The van der Waals surface area contributed by atoms with Crippen molar-refractivity contribution in [1.82, 2.24) is 9.59 Å². The molecule has 0 aliphatic rings. The molecule has 1 aromatic carbocycles. The second-order valence-electron chi connectivity index (χ2n) is 2.80. The topological polar surface area (TPSA) is 61.0 Å².